The quantitative estimate of drug-likeness (QED) is 0.469. The van der Waals surface area contributed by atoms with E-state index in [-0.39, 0.29) is 12.8 Å². The Morgan fingerprint density at radius 1 is 1.31 bits per heavy atom. The van der Waals surface area contributed by atoms with E-state index in [2.05, 4.69) is 15.3 Å². The summed E-state index contributed by atoms with van der Waals surface area (Å²) in [5, 5.41) is 23.8. The van der Waals surface area contributed by atoms with Gasteiger partial charge in [0.15, 0.2) is 11.8 Å². The fourth-order valence-electron chi connectivity index (χ4n) is 5.29. The topological polar surface area (TPSA) is 106 Å². The van der Waals surface area contributed by atoms with Crippen LogP contribution in [0.1, 0.15) is 25.7 Å². The third-order valence-corrected chi connectivity index (χ3v) is 8.10. The zero-order valence-corrected chi connectivity index (χ0v) is 21.2. The SMILES string of the molecule is COCOc1cc(-c2cnn(C)c2)ccc1-c1nnc(N(C)[C@@H]2C[C@H]3CCC[C@@H]([C@@H]2F)N3C(=O)O)s1. The van der Waals surface area contributed by atoms with Gasteiger partial charge in [0.2, 0.25) is 5.13 Å². The molecule has 1 N–H and O–H groups in total. The highest BCUT2D eigenvalue weighted by Gasteiger charge is 2.49. The Kier molecular flexibility index (Phi) is 6.80. The molecule has 192 valence electrons. The van der Waals surface area contributed by atoms with Crippen LogP contribution in [0.25, 0.3) is 21.7 Å². The minimum atomic E-state index is -1.30. The number of methoxy groups -OCH3 is 1. The van der Waals surface area contributed by atoms with E-state index in [1.54, 1.807) is 18.0 Å². The number of ether oxygens (including phenoxy) is 2. The van der Waals surface area contributed by atoms with Crippen LogP contribution >= 0.6 is 11.3 Å². The Morgan fingerprint density at radius 2 is 2.14 bits per heavy atom. The lowest BCUT2D eigenvalue weighted by Crippen LogP contribution is -2.64. The van der Waals surface area contributed by atoms with Gasteiger partial charge in [-0.05, 0) is 43.4 Å². The Morgan fingerprint density at radius 3 is 2.86 bits per heavy atom. The van der Waals surface area contributed by atoms with Crippen molar-refractivity contribution in [1.29, 1.82) is 0 Å². The monoisotopic (exact) mass is 516 g/mol. The number of halogens is 1. The first kappa shape index (κ1) is 24.4. The summed E-state index contributed by atoms with van der Waals surface area (Å²) >= 11 is 1.35. The number of fused-ring (bicyclic) bond motifs is 2. The molecule has 12 heteroatoms. The molecule has 3 aromatic rings. The van der Waals surface area contributed by atoms with E-state index in [1.807, 2.05) is 43.4 Å². The molecule has 0 aliphatic carbocycles. The molecule has 2 saturated heterocycles. The molecule has 2 aromatic heterocycles. The fraction of sp³-hybridized carbons (Fsp3) is 0.500. The van der Waals surface area contributed by atoms with Gasteiger partial charge in [0.1, 0.15) is 11.9 Å². The third-order valence-electron chi connectivity index (χ3n) is 7.05. The Labute approximate surface area is 212 Å². The van der Waals surface area contributed by atoms with Gasteiger partial charge >= 0.3 is 6.09 Å². The predicted molar refractivity (Wildman–Crippen MR) is 133 cm³/mol. The molecule has 5 rings (SSSR count). The zero-order chi connectivity index (χ0) is 25.4. The second-order valence-electron chi connectivity index (χ2n) is 9.25. The average Bonchev–Trinajstić information content (AvgIpc) is 3.53. The van der Waals surface area contributed by atoms with Crippen molar-refractivity contribution < 1.29 is 23.8 Å². The smallest absolute Gasteiger partial charge is 0.407 e. The molecule has 4 heterocycles. The van der Waals surface area contributed by atoms with Gasteiger partial charge < -0.3 is 19.5 Å². The number of rotatable bonds is 7. The highest BCUT2D eigenvalue weighted by Crippen LogP contribution is 2.41. The van der Waals surface area contributed by atoms with E-state index in [0.717, 1.165) is 29.5 Å². The lowest BCUT2D eigenvalue weighted by Gasteiger charge is -2.50. The van der Waals surface area contributed by atoms with Crippen molar-refractivity contribution in [3.63, 3.8) is 0 Å². The molecule has 0 saturated carbocycles. The summed E-state index contributed by atoms with van der Waals surface area (Å²) < 4.78 is 28.3. The number of carbonyl (C=O) groups is 1. The third kappa shape index (κ3) is 4.50. The number of nitrogens with zero attached hydrogens (tertiary/aromatic N) is 6. The molecule has 0 radical (unpaired) electrons. The van der Waals surface area contributed by atoms with Crippen LogP contribution in [-0.4, -0.2) is 81.3 Å². The average molecular weight is 517 g/mol. The van der Waals surface area contributed by atoms with E-state index >= 15 is 4.39 Å². The van der Waals surface area contributed by atoms with Gasteiger partial charge in [-0.1, -0.05) is 17.4 Å². The number of benzene rings is 1. The normalized spacial score (nSPS) is 23.5. The Bertz CT molecular complexity index is 1230. The summed E-state index contributed by atoms with van der Waals surface area (Å²) in [4.78, 5) is 14.9. The largest absolute Gasteiger partial charge is 0.467 e. The molecule has 36 heavy (non-hydrogen) atoms. The van der Waals surface area contributed by atoms with Gasteiger partial charge in [0.25, 0.3) is 0 Å². The molecular formula is C24H29FN6O4S. The Balaban J connectivity index is 1.40. The maximum absolute atomic E-state index is 15.6. The van der Waals surface area contributed by atoms with Gasteiger partial charge in [0.05, 0.1) is 23.8 Å². The molecule has 10 nitrogen and oxygen atoms in total. The predicted octanol–water partition coefficient (Wildman–Crippen LogP) is 4.04. The van der Waals surface area contributed by atoms with Gasteiger partial charge in [-0.3, -0.25) is 9.58 Å². The summed E-state index contributed by atoms with van der Waals surface area (Å²) in [7, 11) is 5.22. The molecule has 2 aliphatic heterocycles. The number of carboxylic acid groups (broad SMARTS) is 1. The Hall–Kier alpha value is -3.25. The second kappa shape index (κ2) is 10.0. The van der Waals surface area contributed by atoms with Crippen LogP contribution in [0.4, 0.5) is 14.3 Å². The van der Waals surface area contributed by atoms with Crippen LogP contribution in [0.5, 0.6) is 5.75 Å². The zero-order valence-electron chi connectivity index (χ0n) is 20.4. The van der Waals surface area contributed by atoms with E-state index < -0.39 is 24.3 Å². The lowest BCUT2D eigenvalue weighted by atomic mass is 9.80. The molecule has 2 fully saturated rings. The number of anilines is 1. The van der Waals surface area contributed by atoms with Crippen molar-refractivity contribution in [3.8, 4) is 27.4 Å². The van der Waals surface area contributed by atoms with Crippen molar-refractivity contribution in [2.24, 2.45) is 7.05 Å². The van der Waals surface area contributed by atoms with Crippen LogP contribution in [0.3, 0.4) is 0 Å². The first-order chi connectivity index (χ1) is 17.4. The van der Waals surface area contributed by atoms with Gasteiger partial charge in [-0.25, -0.2) is 9.18 Å². The van der Waals surface area contributed by atoms with Crippen molar-refractivity contribution in [1.82, 2.24) is 24.9 Å². The molecular weight excluding hydrogens is 487 g/mol. The maximum atomic E-state index is 15.6. The van der Waals surface area contributed by atoms with Crippen LogP contribution in [0, 0.1) is 0 Å². The second-order valence-corrected chi connectivity index (χ2v) is 10.2. The molecule has 1 aromatic carbocycles. The molecule has 2 aliphatic rings. The minimum Gasteiger partial charge on any atom is -0.467 e. The number of alkyl halides is 1. The number of amides is 1. The van der Waals surface area contributed by atoms with Crippen LogP contribution in [0.2, 0.25) is 0 Å². The number of hydrogen-bond acceptors (Lipinski definition) is 8. The number of piperidine rings is 2. The van der Waals surface area contributed by atoms with E-state index in [1.165, 1.54) is 16.2 Å². The number of aromatic nitrogens is 4. The summed E-state index contributed by atoms with van der Waals surface area (Å²) in [6, 6.07) is 4.54. The maximum Gasteiger partial charge on any atom is 0.407 e. The molecule has 0 unspecified atom stereocenters. The molecule has 1 amide bonds. The summed E-state index contributed by atoms with van der Waals surface area (Å²) in [5.74, 6) is 0.594. The molecule has 2 bridgehead atoms. The van der Waals surface area contributed by atoms with Gasteiger partial charge in [0, 0.05) is 39.0 Å². The highest BCUT2D eigenvalue weighted by atomic mass is 32.1. The van der Waals surface area contributed by atoms with Crippen molar-refractivity contribution in [2.75, 3.05) is 25.9 Å². The number of aryl methyl sites for hydroxylation is 1. The van der Waals surface area contributed by atoms with Crippen molar-refractivity contribution in [2.45, 2.75) is 50.0 Å². The van der Waals surface area contributed by atoms with Crippen LogP contribution in [-0.2, 0) is 11.8 Å². The van der Waals surface area contributed by atoms with Crippen LogP contribution < -0.4 is 9.64 Å². The first-order valence-corrected chi connectivity index (χ1v) is 12.7. The standard InChI is InChI=1S/C24H29FN6O4S/c1-29-12-15(11-26-29)14-7-8-17(20(9-14)35-13-34-3)22-27-28-23(36-22)30(2)19-10-16-5-4-6-18(21(19)25)31(16)24(32)33/h7-9,11-12,16,18-19,21H,4-6,10,13H2,1-3H3,(H,32,33)/t16-,18+,19-,21+/m1/s1. The van der Waals surface area contributed by atoms with Gasteiger partial charge in [-0.2, -0.15) is 5.10 Å². The van der Waals surface area contributed by atoms with E-state index in [0.29, 0.717) is 28.7 Å². The van der Waals surface area contributed by atoms with Gasteiger partial charge in [-0.15, -0.1) is 10.2 Å². The summed E-state index contributed by atoms with van der Waals surface area (Å²) in [6.45, 7) is 0.0729. The van der Waals surface area contributed by atoms with E-state index in [9.17, 15) is 9.90 Å². The van der Waals surface area contributed by atoms with Crippen LogP contribution in [0.15, 0.2) is 30.6 Å². The minimum absolute atomic E-state index is 0.0729. The molecule has 0 spiro atoms. The lowest BCUT2D eigenvalue weighted by molar-refractivity contribution is -0.0126. The first-order valence-electron chi connectivity index (χ1n) is 11.8. The van der Waals surface area contributed by atoms with E-state index in [4.69, 9.17) is 9.47 Å². The molecule has 4 atom stereocenters. The van der Waals surface area contributed by atoms with Crippen molar-refractivity contribution >= 4 is 22.6 Å². The summed E-state index contributed by atoms with van der Waals surface area (Å²) in [6.07, 6.45) is 3.94. The highest BCUT2D eigenvalue weighted by molar-refractivity contribution is 7.18. The fourth-order valence-corrected chi connectivity index (χ4v) is 6.18. The number of hydrogen-bond donors (Lipinski definition) is 1. The summed E-state index contributed by atoms with van der Waals surface area (Å²) in [5.41, 5.74) is 2.65. The van der Waals surface area contributed by atoms with Crippen molar-refractivity contribution in [3.05, 3.63) is 30.6 Å².